The lowest BCUT2D eigenvalue weighted by Crippen LogP contribution is -2.17. The van der Waals surface area contributed by atoms with E-state index in [2.05, 4.69) is 47.0 Å². The fourth-order valence-corrected chi connectivity index (χ4v) is 2.23. The van der Waals surface area contributed by atoms with Crippen LogP contribution in [0.3, 0.4) is 0 Å². The van der Waals surface area contributed by atoms with Gasteiger partial charge >= 0.3 is 0 Å². The van der Waals surface area contributed by atoms with Crippen LogP contribution in [0.5, 0.6) is 0 Å². The Balaban J connectivity index is 1.86. The summed E-state index contributed by atoms with van der Waals surface area (Å²) in [5.41, 5.74) is 2.29. The van der Waals surface area contributed by atoms with Crippen LogP contribution < -0.4 is 5.32 Å². The molecule has 3 nitrogen and oxygen atoms in total. The molecule has 1 N–H and O–H groups in total. The monoisotopic (exact) mass is 245 g/mol. The number of nitrogens with zero attached hydrogens (tertiary/aromatic N) is 2. The number of hydrogen-bond acceptors (Lipinski definition) is 2. The molecule has 0 saturated heterocycles. The van der Waals surface area contributed by atoms with E-state index in [9.17, 15) is 0 Å². The van der Waals surface area contributed by atoms with Crippen molar-refractivity contribution in [3.63, 3.8) is 0 Å². The molecular formula is C15H23N3. The summed E-state index contributed by atoms with van der Waals surface area (Å²) < 4.78 is 2.17. The Kier molecular flexibility index (Phi) is 4.76. The molecular weight excluding hydrogens is 222 g/mol. The Morgan fingerprint density at radius 3 is 2.78 bits per heavy atom. The van der Waals surface area contributed by atoms with Crippen molar-refractivity contribution in [2.75, 3.05) is 6.54 Å². The lowest BCUT2D eigenvalue weighted by molar-refractivity contribution is 0.581. The van der Waals surface area contributed by atoms with Gasteiger partial charge in [0.2, 0.25) is 0 Å². The molecule has 0 spiro atoms. The molecule has 0 aliphatic carbocycles. The molecule has 0 fully saturated rings. The molecule has 0 amide bonds. The Bertz CT molecular complexity index is 487. The van der Waals surface area contributed by atoms with Crippen molar-refractivity contribution in [1.82, 2.24) is 14.9 Å². The van der Waals surface area contributed by atoms with Gasteiger partial charge in [0.1, 0.15) is 5.82 Å². The molecule has 0 aliphatic heterocycles. The maximum absolute atomic E-state index is 4.65. The fraction of sp³-hybridized carbons (Fsp3) is 0.533. The van der Waals surface area contributed by atoms with E-state index in [0.717, 1.165) is 24.4 Å². The van der Waals surface area contributed by atoms with E-state index in [0.29, 0.717) is 0 Å². The van der Waals surface area contributed by atoms with Crippen LogP contribution >= 0.6 is 0 Å². The van der Waals surface area contributed by atoms with Gasteiger partial charge in [-0.3, -0.25) is 0 Å². The summed E-state index contributed by atoms with van der Waals surface area (Å²) in [6, 6.07) is 8.29. The van der Waals surface area contributed by atoms with E-state index in [-0.39, 0.29) is 0 Å². The van der Waals surface area contributed by atoms with Crippen LogP contribution in [0.25, 0.3) is 11.0 Å². The molecule has 0 unspecified atom stereocenters. The van der Waals surface area contributed by atoms with E-state index in [4.69, 9.17) is 0 Å². The van der Waals surface area contributed by atoms with Gasteiger partial charge < -0.3 is 9.88 Å². The summed E-state index contributed by atoms with van der Waals surface area (Å²) in [5.74, 6) is 1.12. The summed E-state index contributed by atoms with van der Waals surface area (Å²) in [6.45, 7) is 4.19. The fourth-order valence-electron chi connectivity index (χ4n) is 2.23. The average molecular weight is 245 g/mol. The first-order chi connectivity index (χ1) is 8.83. The van der Waals surface area contributed by atoms with Crippen LogP contribution in [-0.4, -0.2) is 16.1 Å². The quantitative estimate of drug-likeness (QED) is 0.759. The van der Waals surface area contributed by atoms with Crippen LogP contribution in [-0.2, 0) is 13.6 Å². The van der Waals surface area contributed by atoms with Crippen LogP contribution in [0, 0.1) is 0 Å². The number of imidazole rings is 1. The van der Waals surface area contributed by atoms with Gasteiger partial charge in [0.05, 0.1) is 17.6 Å². The SMILES string of the molecule is CCCCCCNCc1nc2ccccc2n1C. The van der Waals surface area contributed by atoms with Crippen molar-refractivity contribution in [2.45, 2.75) is 39.2 Å². The highest BCUT2D eigenvalue weighted by Gasteiger charge is 2.05. The topological polar surface area (TPSA) is 29.9 Å². The second-order valence-corrected chi connectivity index (χ2v) is 4.81. The predicted octanol–water partition coefficient (Wildman–Crippen LogP) is 3.24. The Hall–Kier alpha value is -1.35. The highest BCUT2D eigenvalue weighted by Crippen LogP contribution is 2.13. The number of unbranched alkanes of at least 4 members (excludes halogenated alkanes) is 3. The molecule has 3 heteroatoms. The van der Waals surface area contributed by atoms with Gasteiger partial charge in [-0.05, 0) is 25.1 Å². The first-order valence-corrected chi connectivity index (χ1v) is 6.94. The normalized spacial score (nSPS) is 11.2. The van der Waals surface area contributed by atoms with Gasteiger partial charge in [-0.2, -0.15) is 0 Å². The first kappa shape index (κ1) is 13.1. The zero-order chi connectivity index (χ0) is 12.8. The number of fused-ring (bicyclic) bond motifs is 1. The van der Waals surface area contributed by atoms with E-state index in [1.807, 2.05) is 6.07 Å². The standard InChI is InChI=1S/C15H23N3/c1-3-4-5-8-11-16-12-15-17-13-9-6-7-10-14(13)18(15)2/h6-7,9-10,16H,3-5,8,11-12H2,1-2H3. The molecule has 0 saturated carbocycles. The van der Waals surface area contributed by atoms with E-state index < -0.39 is 0 Å². The van der Waals surface area contributed by atoms with Crippen molar-refractivity contribution in [1.29, 1.82) is 0 Å². The molecule has 1 aromatic heterocycles. The summed E-state index contributed by atoms with van der Waals surface area (Å²) in [6.07, 6.45) is 5.22. The van der Waals surface area contributed by atoms with Gasteiger partial charge in [-0.1, -0.05) is 38.3 Å². The molecule has 0 atom stereocenters. The minimum atomic E-state index is 0.858. The Morgan fingerprint density at radius 2 is 2.00 bits per heavy atom. The maximum atomic E-state index is 4.65. The van der Waals surface area contributed by atoms with Crippen LogP contribution in [0.4, 0.5) is 0 Å². The molecule has 0 aliphatic rings. The molecule has 0 radical (unpaired) electrons. The van der Waals surface area contributed by atoms with Crippen LogP contribution in [0.15, 0.2) is 24.3 Å². The Morgan fingerprint density at radius 1 is 1.17 bits per heavy atom. The summed E-state index contributed by atoms with van der Waals surface area (Å²) in [4.78, 5) is 4.65. The van der Waals surface area contributed by atoms with Crippen molar-refractivity contribution in [3.8, 4) is 0 Å². The predicted molar refractivity (Wildman–Crippen MR) is 76.6 cm³/mol. The van der Waals surface area contributed by atoms with Gasteiger partial charge in [-0.25, -0.2) is 4.98 Å². The molecule has 1 heterocycles. The van der Waals surface area contributed by atoms with E-state index in [1.165, 1.54) is 31.2 Å². The first-order valence-electron chi connectivity index (χ1n) is 6.94. The van der Waals surface area contributed by atoms with Gasteiger partial charge in [0, 0.05) is 7.05 Å². The zero-order valence-corrected chi connectivity index (χ0v) is 11.4. The summed E-state index contributed by atoms with van der Waals surface area (Å²) >= 11 is 0. The van der Waals surface area contributed by atoms with Gasteiger partial charge in [-0.15, -0.1) is 0 Å². The number of aromatic nitrogens is 2. The molecule has 0 bridgehead atoms. The third-order valence-corrected chi connectivity index (χ3v) is 3.37. The summed E-state index contributed by atoms with van der Waals surface area (Å²) in [5, 5.41) is 3.48. The number of para-hydroxylation sites is 2. The Labute approximate surface area is 109 Å². The lowest BCUT2D eigenvalue weighted by atomic mass is 10.2. The second kappa shape index (κ2) is 6.55. The molecule has 98 valence electrons. The van der Waals surface area contributed by atoms with Crippen molar-refractivity contribution in [3.05, 3.63) is 30.1 Å². The van der Waals surface area contributed by atoms with Gasteiger partial charge in [0.25, 0.3) is 0 Å². The average Bonchev–Trinajstić information content (AvgIpc) is 2.71. The highest BCUT2D eigenvalue weighted by atomic mass is 15.1. The van der Waals surface area contributed by atoms with Crippen molar-refractivity contribution < 1.29 is 0 Å². The highest BCUT2D eigenvalue weighted by molar-refractivity contribution is 5.75. The third-order valence-electron chi connectivity index (χ3n) is 3.37. The molecule has 1 aromatic carbocycles. The number of rotatable bonds is 7. The largest absolute Gasteiger partial charge is 0.330 e. The molecule has 18 heavy (non-hydrogen) atoms. The number of hydrogen-bond donors (Lipinski definition) is 1. The van der Waals surface area contributed by atoms with E-state index >= 15 is 0 Å². The molecule has 2 rings (SSSR count). The molecule has 2 aromatic rings. The van der Waals surface area contributed by atoms with Crippen molar-refractivity contribution in [2.24, 2.45) is 7.05 Å². The summed E-state index contributed by atoms with van der Waals surface area (Å²) in [7, 11) is 2.09. The van der Waals surface area contributed by atoms with Crippen molar-refractivity contribution >= 4 is 11.0 Å². The van der Waals surface area contributed by atoms with Crippen LogP contribution in [0.2, 0.25) is 0 Å². The minimum Gasteiger partial charge on any atom is -0.330 e. The smallest absolute Gasteiger partial charge is 0.123 e. The lowest BCUT2D eigenvalue weighted by Gasteiger charge is -2.04. The minimum absolute atomic E-state index is 0.858. The van der Waals surface area contributed by atoms with Crippen LogP contribution in [0.1, 0.15) is 38.4 Å². The van der Waals surface area contributed by atoms with Gasteiger partial charge in [0.15, 0.2) is 0 Å². The zero-order valence-electron chi connectivity index (χ0n) is 11.4. The number of benzene rings is 1. The number of nitrogens with one attached hydrogen (secondary N) is 1. The maximum Gasteiger partial charge on any atom is 0.123 e. The van der Waals surface area contributed by atoms with E-state index in [1.54, 1.807) is 0 Å². The second-order valence-electron chi connectivity index (χ2n) is 4.81. The third kappa shape index (κ3) is 3.10. The number of aryl methyl sites for hydroxylation is 1.